The largest absolute Gasteiger partial charge is 0.310 e. The number of nitrogens with zero attached hydrogens (tertiary/aromatic N) is 1. The van der Waals surface area contributed by atoms with E-state index in [1.165, 1.54) is 72.3 Å². The summed E-state index contributed by atoms with van der Waals surface area (Å²) < 4.78 is 0. The molecule has 58 heavy (non-hydrogen) atoms. The second-order valence-electron chi connectivity index (χ2n) is 15.8. The Morgan fingerprint density at radius 3 is 1.66 bits per heavy atom. The molecule has 1 unspecified atom stereocenters. The van der Waals surface area contributed by atoms with E-state index in [9.17, 15) is 0 Å². The molecule has 2 aliphatic carbocycles. The summed E-state index contributed by atoms with van der Waals surface area (Å²) in [5.74, 6) is 0.565. The number of hydrogen-bond acceptors (Lipinski definition) is 1. The van der Waals surface area contributed by atoms with Crippen molar-refractivity contribution in [2.45, 2.75) is 25.7 Å². The Hall–Kier alpha value is -6.96. The summed E-state index contributed by atoms with van der Waals surface area (Å²) in [4.78, 5) is 2.43. The Kier molecular flexibility index (Phi) is 9.07. The third kappa shape index (κ3) is 6.12. The quantitative estimate of drug-likeness (QED) is 0.150. The first-order chi connectivity index (χ1) is 28.6. The van der Waals surface area contributed by atoms with Gasteiger partial charge in [0.25, 0.3) is 0 Å². The number of hydrogen-bond donors (Lipinski definition) is 0. The second kappa shape index (κ2) is 14.8. The first-order valence-corrected chi connectivity index (χ1v) is 20.5. The zero-order chi connectivity index (χ0) is 39.1. The van der Waals surface area contributed by atoms with Crippen LogP contribution in [0.3, 0.4) is 0 Å². The van der Waals surface area contributed by atoms with Gasteiger partial charge < -0.3 is 4.90 Å². The molecule has 2 aliphatic rings. The monoisotopic (exact) mass is 743 g/mol. The van der Waals surface area contributed by atoms with Gasteiger partial charge in [-0.1, -0.05) is 188 Å². The van der Waals surface area contributed by atoms with Crippen molar-refractivity contribution in [3.05, 3.63) is 252 Å². The van der Waals surface area contributed by atoms with Crippen molar-refractivity contribution in [3.8, 4) is 33.4 Å². The van der Waals surface area contributed by atoms with Crippen LogP contribution in [0.2, 0.25) is 0 Å². The van der Waals surface area contributed by atoms with E-state index >= 15 is 0 Å². The highest BCUT2D eigenvalue weighted by Crippen LogP contribution is 2.58. The number of benzene rings is 8. The number of allylic oxidation sites excluding steroid dienone is 4. The molecule has 1 atom stereocenters. The lowest BCUT2D eigenvalue weighted by molar-refractivity contribution is 0.739. The highest BCUT2D eigenvalue weighted by molar-refractivity contribution is 5.93. The minimum atomic E-state index is -0.573. The van der Waals surface area contributed by atoms with Gasteiger partial charge in [0.15, 0.2) is 0 Å². The van der Waals surface area contributed by atoms with Crippen molar-refractivity contribution in [1.82, 2.24) is 0 Å². The molecule has 1 heteroatoms. The predicted molar refractivity (Wildman–Crippen MR) is 245 cm³/mol. The van der Waals surface area contributed by atoms with Crippen molar-refractivity contribution < 1.29 is 0 Å². The highest BCUT2D eigenvalue weighted by atomic mass is 15.1. The van der Waals surface area contributed by atoms with Gasteiger partial charge >= 0.3 is 0 Å². The molecule has 278 valence electrons. The van der Waals surface area contributed by atoms with E-state index in [0.717, 1.165) is 23.5 Å². The van der Waals surface area contributed by atoms with E-state index in [1.54, 1.807) is 0 Å². The Morgan fingerprint density at radius 2 is 1.00 bits per heavy atom. The topological polar surface area (TPSA) is 3.24 Å². The predicted octanol–water partition coefficient (Wildman–Crippen LogP) is 15.1. The minimum Gasteiger partial charge on any atom is -0.310 e. The van der Waals surface area contributed by atoms with Crippen molar-refractivity contribution in [2.24, 2.45) is 5.92 Å². The smallest absolute Gasteiger partial charge is 0.0714 e. The molecule has 0 fully saturated rings. The lowest BCUT2D eigenvalue weighted by atomic mass is 9.67. The van der Waals surface area contributed by atoms with Crippen molar-refractivity contribution in [1.29, 1.82) is 0 Å². The van der Waals surface area contributed by atoms with E-state index in [-0.39, 0.29) is 0 Å². The highest BCUT2D eigenvalue weighted by Gasteiger charge is 2.46. The molecule has 0 saturated carbocycles. The lowest BCUT2D eigenvalue weighted by Crippen LogP contribution is -2.28. The average Bonchev–Trinajstić information content (AvgIpc) is 3.58. The van der Waals surface area contributed by atoms with Crippen LogP contribution in [0.5, 0.6) is 0 Å². The first kappa shape index (κ1) is 35.5. The Bertz CT molecular complexity index is 2770. The molecule has 0 spiro atoms. The Labute approximate surface area is 342 Å². The molecule has 0 amide bonds. The normalized spacial score (nSPS) is 15.0. The van der Waals surface area contributed by atoms with Crippen LogP contribution < -0.4 is 4.90 Å². The van der Waals surface area contributed by atoms with Gasteiger partial charge in [0.2, 0.25) is 0 Å². The van der Waals surface area contributed by atoms with Gasteiger partial charge in [0.05, 0.1) is 5.41 Å². The number of anilines is 3. The summed E-state index contributed by atoms with van der Waals surface area (Å²) in [6, 6.07) is 74.2. The molecule has 0 saturated heterocycles. The molecule has 1 nitrogen and oxygen atoms in total. The third-order valence-electron chi connectivity index (χ3n) is 12.2. The molecule has 0 heterocycles. The maximum absolute atomic E-state index is 2.48. The Morgan fingerprint density at radius 1 is 0.448 bits per heavy atom. The molecule has 8 aromatic rings. The van der Waals surface area contributed by atoms with Crippen LogP contribution in [0.15, 0.2) is 218 Å². The number of rotatable bonds is 8. The molecule has 10 rings (SSSR count). The molecule has 8 aromatic carbocycles. The zero-order valence-corrected chi connectivity index (χ0v) is 33.0. The van der Waals surface area contributed by atoms with Crippen LogP contribution in [-0.2, 0) is 5.41 Å². The van der Waals surface area contributed by atoms with Gasteiger partial charge in [-0.05, 0) is 128 Å². The van der Waals surface area contributed by atoms with Gasteiger partial charge in [-0.3, -0.25) is 0 Å². The van der Waals surface area contributed by atoms with E-state index in [1.807, 2.05) is 0 Å². The fourth-order valence-corrected chi connectivity index (χ4v) is 9.29. The van der Waals surface area contributed by atoms with Crippen molar-refractivity contribution in [2.75, 3.05) is 4.90 Å². The molecular formula is C57H45N. The molecule has 0 radical (unpaired) electrons. The molecule has 0 N–H and O–H groups in total. The van der Waals surface area contributed by atoms with Gasteiger partial charge in [-0.25, -0.2) is 0 Å². The maximum atomic E-state index is 2.48. The van der Waals surface area contributed by atoms with Crippen LogP contribution in [0.4, 0.5) is 17.1 Å². The van der Waals surface area contributed by atoms with Gasteiger partial charge in [-0.2, -0.15) is 0 Å². The summed E-state index contributed by atoms with van der Waals surface area (Å²) in [5.41, 5.74) is 19.1. The van der Waals surface area contributed by atoms with Crippen LogP contribution in [-0.4, -0.2) is 0 Å². The molecular weight excluding hydrogens is 699 g/mol. The number of aryl methyl sites for hydroxylation is 1. The van der Waals surface area contributed by atoms with Gasteiger partial charge in [-0.15, -0.1) is 0 Å². The fourth-order valence-electron chi connectivity index (χ4n) is 9.29. The van der Waals surface area contributed by atoms with Gasteiger partial charge in [0, 0.05) is 17.1 Å². The minimum absolute atomic E-state index is 0.565. The van der Waals surface area contributed by atoms with E-state index in [2.05, 4.69) is 237 Å². The maximum Gasteiger partial charge on any atom is 0.0714 e. The van der Waals surface area contributed by atoms with Crippen LogP contribution in [0.25, 0.3) is 39.0 Å². The van der Waals surface area contributed by atoms with E-state index in [4.69, 9.17) is 0 Å². The van der Waals surface area contributed by atoms with Crippen LogP contribution in [0.1, 0.15) is 46.7 Å². The molecule has 0 aromatic heterocycles. The van der Waals surface area contributed by atoms with Crippen molar-refractivity contribution >= 4 is 22.6 Å². The SMILES string of the molecule is Cc1ccc(N(c2cccc(C3=CCC(C)C=C3)c2)c2ccc3c(c2)C(c2ccccc2)(c2ccccc2)c2cc(-c4ccccc4-c4ccccc4)ccc2-3)cc1. The summed E-state index contributed by atoms with van der Waals surface area (Å²) in [5, 5.41) is 0. The Balaban J connectivity index is 1.21. The summed E-state index contributed by atoms with van der Waals surface area (Å²) >= 11 is 0. The third-order valence-corrected chi connectivity index (χ3v) is 12.2. The molecule has 0 bridgehead atoms. The first-order valence-electron chi connectivity index (χ1n) is 20.5. The second-order valence-corrected chi connectivity index (χ2v) is 15.8. The van der Waals surface area contributed by atoms with Crippen LogP contribution in [0, 0.1) is 12.8 Å². The molecule has 0 aliphatic heterocycles. The zero-order valence-electron chi connectivity index (χ0n) is 33.0. The summed E-state index contributed by atoms with van der Waals surface area (Å²) in [6.45, 7) is 4.44. The number of fused-ring (bicyclic) bond motifs is 3. The average molecular weight is 744 g/mol. The summed E-state index contributed by atoms with van der Waals surface area (Å²) in [7, 11) is 0. The summed E-state index contributed by atoms with van der Waals surface area (Å²) in [6.07, 6.45) is 8.06. The standard InChI is InChI=1S/C57H45N/c1-40-25-29-42(30-26-40)44-17-14-22-49(37-44)58(48-32-27-41(2)28-33-48)50-34-36-54-53-35-31-45(52-24-13-12-23-51(52)43-15-6-3-7-16-43)38-55(53)57(56(54)39-50,46-18-8-4-9-19-46)47-20-10-5-11-21-47/h3-25,27-40H,26H2,1-2H3. The van der Waals surface area contributed by atoms with E-state index < -0.39 is 5.41 Å². The van der Waals surface area contributed by atoms with Gasteiger partial charge in [0.1, 0.15) is 0 Å². The van der Waals surface area contributed by atoms with E-state index in [0.29, 0.717) is 5.92 Å². The fraction of sp³-hybridized carbons (Fsp3) is 0.0877. The van der Waals surface area contributed by atoms with Crippen LogP contribution >= 0.6 is 0 Å². The lowest BCUT2D eigenvalue weighted by Gasteiger charge is -2.35. The van der Waals surface area contributed by atoms with Crippen molar-refractivity contribution in [3.63, 3.8) is 0 Å².